The van der Waals surface area contributed by atoms with Crippen molar-refractivity contribution in [1.29, 1.82) is 0 Å². The Balaban J connectivity index is 1.61. The number of nitrogens with one attached hydrogen (secondary N) is 2. The van der Waals surface area contributed by atoms with Gasteiger partial charge in [-0.15, -0.1) is 4.28 Å². The molecule has 2 aliphatic heterocycles. The Hall–Kier alpha value is -2.64. The third kappa shape index (κ3) is 3.57. The second kappa shape index (κ2) is 6.34. The number of carbonyl (C=O) groups is 3. The molecule has 1 aromatic heterocycles. The fraction of sp³-hybridized carbons (Fsp3) is 0.417. The van der Waals surface area contributed by atoms with Crippen LogP contribution in [0, 0.1) is 0 Å². The summed E-state index contributed by atoms with van der Waals surface area (Å²) in [5, 5.41) is 0.534. The van der Waals surface area contributed by atoms with Gasteiger partial charge in [-0.05, 0) is 18.9 Å². The molecule has 13 heteroatoms. The van der Waals surface area contributed by atoms with Gasteiger partial charge in [-0.25, -0.2) is 4.79 Å². The van der Waals surface area contributed by atoms with Gasteiger partial charge in [0.15, 0.2) is 0 Å². The molecule has 25 heavy (non-hydrogen) atoms. The molecule has 12 nitrogen and oxygen atoms in total. The molecular formula is C12H14N4O8S. The molecule has 0 radical (unpaired) electrons. The lowest BCUT2D eigenvalue weighted by Gasteiger charge is -2.29. The number of hydrogen-bond donors (Lipinski definition) is 3. The number of hydroxylamine groups is 2. The first-order valence-electron chi connectivity index (χ1n) is 7.15. The molecule has 4 amide bonds. The zero-order chi connectivity index (χ0) is 18.2. The summed E-state index contributed by atoms with van der Waals surface area (Å²) in [6, 6.07) is -0.967. The lowest BCUT2D eigenvalue weighted by molar-refractivity contribution is -0.126. The second-order valence-corrected chi connectivity index (χ2v) is 6.47. The van der Waals surface area contributed by atoms with Gasteiger partial charge >= 0.3 is 16.4 Å². The number of furan rings is 1. The predicted molar refractivity (Wildman–Crippen MR) is 77.7 cm³/mol. The Morgan fingerprint density at radius 3 is 2.72 bits per heavy atom. The Morgan fingerprint density at radius 2 is 2.08 bits per heavy atom. The molecule has 0 saturated carbocycles. The summed E-state index contributed by atoms with van der Waals surface area (Å²) in [6.07, 6.45) is 3.01. The largest absolute Gasteiger partial charge is 0.472 e. The van der Waals surface area contributed by atoms with Gasteiger partial charge in [0, 0.05) is 6.54 Å². The van der Waals surface area contributed by atoms with E-state index in [4.69, 9.17) is 8.97 Å². The van der Waals surface area contributed by atoms with E-state index < -0.39 is 40.3 Å². The number of nitrogens with zero attached hydrogens (tertiary/aromatic N) is 2. The van der Waals surface area contributed by atoms with Gasteiger partial charge in [0.1, 0.15) is 12.3 Å². The Bertz CT molecular complexity index is 792. The van der Waals surface area contributed by atoms with E-state index in [9.17, 15) is 22.8 Å². The van der Waals surface area contributed by atoms with Gasteiger partial charge < -0.3 is 9.32 Å². The minimum atomic E-state index is -4.85. The van der Waals surface area contributed by atoms with Crippen LogP contribution in [0.2, 0.25) is 0 Å². The van der Waals surface area contributed by atoms with Crippen LogP contribution in [0.3, 0.4) is 0 Å². The normalized spacial score (nSPS) is 22.8. The molecule has 0 aliphatic carbocycles. The second-order valence-electron chi connectivity index (χ2n) is 5.47. The van der Waals surface area contributed by atoms with Crippen molar-refractivity contribution in [2.45, 2.75) is 24.9 Å². The van der Waals surface area contributed by atoms with Crippen LogP contribution in [0.1, 0.15) is 23.2 Å². The van der Waals surface area contributed by atoms with Crippen molar-refractivity contribution in [2.75, 3.05) is 6.54 Å². The standard InChI is InChI=1S/C12H14N4O8S/c17-10(7-3-4-23-6-7)13-14-11(18)9-2-1-8-5-15(9)12(19)16(8)24-25(20,21)22/h3-4,6,8-9H,1-2,5H2,(H,13,17)(H,14,18)(H,20,21,22)/t8-,9+/m1/s1. The van der Waals surface area contributed by atoms with Gasteiger partial charge in [-0.3, -0.25) is 25.0 Å². The number of piperidine rings is 1. The first-order chi connectivity index (χ1) is 11.8. The van der Waals surface area contributed by atoms with Crippen molar-refractivity contribution < 1.29 is 36.1 Å². The molecule has 2 fully saturated rings. The number of rotatable bonds is 4. The number of hydrazine groups is 1. The van der Waals surface area contributed by atoms with Crippen molar-refractivity contribution in [3.63, 3.8) is 0 Å². The van der Waals surface area contributed by atoms with Crippen LogP contribution in [0.15, 0.2) is 23.0 Å². The molecular weight excluding hydrogens is 360 g/mol. The van der Waals surface area contributed by atoms with E-state index in [1.165, 1.54) is 18.6 Å². The molecule has 0 aromatic carbocycles. The predicted octanol–water partition coefficient (Wildman–Crippen LogP) is -0.956. The Kier molecular flexibility index (Phi) is 4.36. The smallest absolute Gasteiger partial charge is 0.418 e. The first-order valence-corrected chi connectivity index (χ1v) is 8.52. The van der Waals surface area contributed by atoms with Gasteiger partial charge in [0.25, 0.3) is 11.8 Å². The van der Waals surface area contributed by atoms with E-state index in [1.807, 2.05) is 0 Å². The SMILES string of the molecule is O=C(NNC(=O)[C@@H]1CC[C@@H]2CN1C(=O)N2OS(=O)(=O)O)c1ccoc1. The van der Waals surface area contributed by atoms with E-state index in [-0.39, 0.29) is 24.9 Å². The Morgan fingerprint density at radius 1 is 1.32 bits per heavy atom. The molecule has 136 valence electrons. The van der Waals surface area contributed by atoms with E-state index in [2.05, 4.69) is 15.1 Å². The van der Waals surface area contributed by atoms with Gasteiger partial charge in [0.2, 0.25) is 0 Å². The molecule has 2 atom stereocenters. The van der Waals surface area contributed by atoms with Crippen LogP contribution >= 0.6 is 0 Å². The average molecular weight is 374 g/mol. The van der Waals surface area contributed by atoms with E-state index in [1.54, 1.807) is 0 Å². The molecule has 2 bridgehead atoms. The van der Waals surface area contributed by atoms with E-state index >= 15 is 0 Å². The van der Waals surface area contributed by atoms with Crippen molar-refractivity contribution in [3.8, 4) is 0 Å². The minimum Gasteiger partial charge on any atom is -0.472 e. The van der Waals surface area contributed by atoms with E-state index in [0.717, 1.165) is 4.90 Å². The van der Waals surface area contributed by atoms with Crippen LogP contribution in [-0.2, 0) is 19.5 Å². The Labute approximate surface area is 141 Å². The monoisotopic (exact) mass is 374 g/mol. The minimum absolute atomic E-state index is 0.0577. The highest BCUT2D eigenvalue weighted by Gasteiger charge is 2.49. The molecule has 2 saturated heterocycles. The van der Waals surface area contributed by atoms with Crippen molar-refractivity contribution in [1.82, 2.24) is 20.8 Å². The summed E-state index contributed by atoms with van der Waals surface area (Å²) in [5.41, 5.74) is 4.60. The maximum atomic E-state index is 12.2. The number of hydrogen-bond acceptors (Lipinski definition) is 7. The van der Waals surface area contributed by atoms with Crippen LogP contribution in [0.25, 0.3) is 0 Å². The molecule has 1 aromatic rings. The van der Waals surface area contributed by atoms with Crippen molar-refractivity contribution in [2.24, 2.45) is 0 Å². The highest BCUT2D eigenvalue weighted by molar-refractivity contribution is 7.80. The highest BCUT2D eigenvalue weighted by atomic mass is 32.3. The summed E-state index contributed by atoms with van der Waals surface area (Å²) < 4.78 is 39.4. The van der Waals surface area contributed by atoms with Crippen LogP contribution in [0.5, 0.6) is 0 Å². The number of carbonyl (C=O) groups excluding carboxylic acids is 3. The van der Waals surface area contributed by atoms with Crippen LogP contribution in [-0.4, -0.2) is 59.4 Å². The van der Waals surface area contributed by atoms with Crippen molar-refractivity contribution in [3.05, 3.63) is 24.2 Å². The third-order valence-electron chi connectivity index (χ3n) is 3.88. The van der Waals surface area contributed by atoms with Gasteiger partial charge in [-0.2, -0.15) is 13.5 Å². The summed E-state index contributed by atoms with van der Waals surface area (Å²) in [7, 11) is -4.85. The molecule has 2 aliphatic rings. The molecule has 0 unspecified atom stereocenters. The van der Waals surface area contributed by atoms with Gasteiger partial charge in [-0.1, -0.05) is 0 Å². The summed E-state index contributed by atoms with van der Waals surface area (Å²) in [6.45, 7) is 0.0577. The molecule has 3 rings (SSSR count). The number of fused-ring (bicyclic) bond motifs is 2. The lowest BCUT2D eigenvalue weighted by Crippen LogP contribution is -2.54. The third-order valence-corrected chi connectivity index (χ3v) is 4.23. The zero-order valence-electron chi connectivity index (χ0n) is 12.6. The molecule has 3 N–H and O–H groups in total. The van der Waals surface area contributed by atoms with E-state index in [0.29, 0.717) is 5.06 Å². The van der Waals surface area contributed by atoms with Gasteiger partial charge in [0.05, 0.1) is 17.9 Å². The summed E-state index contributed by atoms with van der Waals surface area (Å²) >= 11 is 0. The number of urea groups is 1. The fourth-order valence-electron chi connectivity index (χ4n) is 2.77. The zero-order valence-corrected chi connectivity index (χ0v) is 13.4. The number of amides is 4. The summed E-state index contributed by atoms with van der Waals surface area (Å²) in [5.74, 6) is -1.24. The van der Waals surface area contributed by atoms with Crippen LogP contribution < -0.4 is 10.9 Å². The quantitative estimate of drug-likeness (QED) is 0.449. The lowest BCUT2D eigenvalue weighted by atomic mass is 10.0. The van der Waals surface area contributed by atoms with Crippen LogP contribution in [0.4, 0.5) is 4.79 Å². The molecule has 0 spiro atoms. The highest BCUT2D eigenvalue weighted by Crippen LogP contribution is 2.30. The first kappa shape index (κ1) is 17.2. The maximum absolute atomic E-state index is 12.2. The maximum Gasteiger partial charge on any atom is 0.418 e. The fourth-order valence-corrected chi connectivity index (χ4v) is 3.16. The topological polar surface area (TPSA) is 158 Å². The average Bonchev–Trinajstić information content (AvgIpc) is 3.16. The van der Waals surface area contributed by atoms with Crippen molar-refractivity contribution >= 4 is 28.2 Å². The summed E-state index contributed by atoms with van der Waals surface area (Å²) in [4.78, 5) is 37.2. The molecule has 3 heterocycles.